The van der Waals surface area contributed by atoms with Crippen LogP contribution in [-0.2, 0) is 0 Å². The molecule has 3 nitrogen and oxygen atoms in total. The van der Waals surface area contributed by atoms with Crippen molar-refractivity contribution in [1.29, 1.82) is 0 Å². The highest BCUT2D eigenvalue weighted by Crippen LogP contribution is 2.47. The van der Waals surface area contributed by atoms with E-state index in [0.29, 0.717) is 0 Å². The second-order valence-electron chi connectivity index (χ2n) is 14.0. The van der Waals surface area contributed by atoms with Gasteiger partial charge in [-0.1, -0.05) is 146 Å². The van der Waals surface area contributed by atoms with Crippen LogP contribution in [0.15, 0.2) is 200 Å². The van der Waals surface area contributed by atoms with Crippen LogP contribution in [0.25, 0.3) is 81.0 Å². The van der Waals surface area contributed by atoms with E-state index in [2.05, 4.69) is 210 Å². The number of thiazole rings is 1. The van der Waals surface area contributed by atoms with Gasteiger partial charge in [-0.25, -0.2) is 4.98 Å². The fourth-order valence-corrected chi connectivity index (χ4v) is 9.36. The van der Waals surface area contributed by atoms with Crippen LogP contribution in [0.3, 0.4) is 0 Å². The molecule has 0 aliphatic carbocycles. The molecular weight excluding hydrogens is 687 g/mol. The van der Waals surface area contributed by atoms with E-state index in [-0.39, 0.29) is 0 Å². The Morgan fingerprint density at radius 3 is 1.78 bits per heavy atom. The van der Waals surface area contributed by atoms with Gasteiger partial charge in [0.2, 0.25) is 0 Å². The van der Waals surface area contributed by atoms with Crippen LogP contribution in [0, 0.1) is 0 Å². The summed E-state index contributed by atoms with van der Waals surface area (Å²) in [5.41, 5.74) is 11.2. The van der Waals surface area contributed by atoms with E-state index in [4.69, 9.17) is 4.98 Å². The van der Waals surface area contributed by atoms with Crippen molar-refractivity contribution in [2.24, 2.45) is 0 Å². The van der Waals surface area contributed by atoms with Crippen LogP contribution in [0.5, 0.6) is 0 Å². The van der Waals surface area contributed by atoms with E-state index in [1.807, 2.05) is 0 Å². The summed E-state index contributed by atoms with van der Waals surface area (Å²) in [6.07, 6.45) is 0. The van der Waals surface area contributed by atoms with Gasteiger partial charge in [0.05, 0.1) is 26.9 Å². The third-order valence-corrected chi connectivity index (χ3v) is 11.9. The number of rotatable bonds is 6. The van der Waals surface area contributed by atoms with Gasteiger partial charge >= 0.3 is 0 Å². The fraction of sp³-hybridized carbons (Fsp3) is 0. The number of anilines is 3. The van der Waals surface area contributed by atoms with E-state index in [1.165, 1.54) is 59.2 Å². The molecule has 11 aromatic rings. The van der Waals surface area contributed by atoms with E-state index >= 15 is 0 Å². The Balaban J connectivity index is 1.18. The Labute approximate surface area is 322 Å². The number of hydrogen-bond acceptors (Lipinski definition) is 3. The summed E-state index contributed by atoms with van der Waals surface area (Å²) in [7, 11) is 0. The molecule has 55 heavy (non-hydrogen) atoms. The molecule has 0 amide bonds. The smallest absolute Gasteiger partial charge is 0.124 e. The van der Waals surface area contributed by atoms with Crippen molar-refractivity contribution in [3.05, 3.63) is 200 Å². The summed E-state index contributed by atoms with van der Waals surface area (Å²) >= 11 is 1.77. The summed E-state index contributed by atoms with van der Waals surface area (Å²) in [5, 5.41) is 8.39. The largest absolute Gasteiger partial charge is 0.310 e. The van der Waals surface area contributed by atoms with Crippen molar-refractivity contribution >= 4 is 82.0 Å². The third-order valence-electron chi connectivity index (χ3n) is 10.8. The Morgan fingerprint density at radius 1 is 0.436 bits per heavy atom. The first-order valence-corrected chi connectivity index (χ1v) is 19.4. The van der Waals surface area contributed by atoms with Gasteiger partial charge in [0.15, 0.2) is 0 Å². The Bertz CT molecular complexity index is 3140. The van der Waals surface area contributed by atoms with Gasteiger partial charge in [-0.3, -0.25) is 0 Å². The van der Waals surface area contributed by atoms with Gasteiger partial charge in [0.1, 0.15) is 5.01 Å². The van der Waals surface area contributed by atoms with Crippen LogP contribution < -0.4 is 4.90 Å². The van der Waals surface area contributed by atoms with E-state index in [9.17, 15) is 0 Å². The van der Waals surface area contributed by atoms with Crippen LogP contribution in [0.2, 0.25) is 0 Å². The lowest BCUT2D eigenvalue weighted by Gasteiger charge is -2.28. The van der Waals surface area contributed by atoms with Gasteiger partial charge < -0.3 is 9.47 Å². The SMILES string of the molecule is c1ccc(-c2cccc(N(c3ccc(-n4c5ccccc5c5ccccc54)cc3)c3cc4nc(-c5ccccc5)sc4c4ccc5ccccc5c34)c2)cc1. The van der Waals surface area contributed by atoms with Crippen molar-refractivity contribution < 1.29 is 0 Å². The van der Waals surface area contributed by atoms with Gasteiger partial charge in [0.25, 0.3) is 0 Å². The molecule has 0 atom stereocenters. The molecule has 0 aliphatic heterocycles. The van der Waals surface area contributed by atoms with Crippen LogP contribution >= 0.6 is 11.3 Å². The van der Waals surface area contributed by atoms with Crippen molar-refractivity contribution in [2.45, 2.75) is 0 Å². The summed E-state index contributed by atoms with van der Waals surface area (Å²) in [6.45, 7) is 0. The normalized spacial score (nSPS) is 11.6. The first-order valence-electron chi connectivity index (χ1n) is 18.6. The van der Waals surface area contributed by atoms with Crippen molar-refractivity contribution in [3.8, 4) is 27.4 Å². The summed E-state index contributed by atoms with van der Waals surface area (Å²) in [6, 6.07) is 72.1. The number of hydrogen-bond donors (Lipinski definition) is 0. The van der Waals surface area contributed by atoms with Crippen LogP contribution in [-0.4, -0.2) is 9.55 Å². The molecule has 0 unspecified atom stereocenters. The molecule has 2 aromatic heterocycles. The molecule has 0 aliphatic rings. The minimum atomic E-state index is 0.993. The molecule has 0 fully saturated rings. The highest BCUT2D eigenvalue weighted by molar-refractivity contribution is 7.22. The number of nitrogens with zero attached hydrogens (tertiary/aromatic N) is 3. The first-order chi connectivity index (χ1) is 27.3. The predicted molar refractivity (Wildman–Crippen MR) is 235 cm³/mol. The maximum atomic E-state index is 5.30. The zero-order valence-corrected chi connectivity index (χ0v) is 30.6. The van der Waals surface area contributed by atoms with Gasteiger partial charge in [-0.15, -0.1) is 11.3 Å². The van der Waals surface area contributed by atoms with E-state index < -0.39 is 0 Å². The molecule has 0 spiro atoms. The highest BCUT2D eigenvalue weighted by atomic mass is 32.1. The average molecular weight is 720 g/mol. The molecule has 0 radical (unpaired) electrons. The van der Waals surface area contributed by atoms with Crippen LogP contribution in [0.4, 0.5) is 17.1 Å². The summed E-state index contributed by atoms with van der Waals surface area (Å²) in [4.78, 5) is 7.73. The van der Waals surface area contributed by atoms with Gasteiger partial charge in [0, 0.05) is 44.2 Å². The second-order valence-corrected chi connectivity index (χ2v) is 15.0. The van der Waals surface area contributed by atoms with Gasteiger partial charge in [-0.05, 0) is 76.5 Å². The first kappa shape index (κ1) is 31.5. The Morgan fingerprint density at radius 2 is 1.05 bits per heavy atom. The lowest BCUT2D eigenvalue weighted by molar-refractivity contribution is 1.17. The summed E-state index contributed by atoms with van der Waals surface area (Å²) in [5.74, 6) is 0. The van der Waals surface area contributed by atoms with Crippen molar-refractivity contribution in [3.63, 3.8) is 0 Å². The quantitative estimate of drug-likeness (QED) is 0.160. The zero-order valence-electron chi connectivity index (χ0n) is 29.8. The Hall–Kier alpha value is -7.01. The average Bonchev–Trinajstić information content (AvgIpc) is 3.85. The van der Waals surface area contributed by atoms with E-state index in [1.54, 1.807) is 11.3 Å². The topological polar surface area (TPSA) is 21.1 Å². The third kappa shape index (κ3) is 5.22. The second kappa shape index (κ2) is 12.8. The minimum absolute atomic E-state index is 0.993. The predicted octanol–water partition coefficient (Wildman–Crippen LogP) is 14.5. The standard InChI is InChI=1S/C51H33N3S/c1-3-14-34(15-4-1)37-19-13-20-40(32-37)53(38-27-29-39(30-28-38)54-46-24-11-9-22-42(46)43-23-10-12-25-47(43)54)48-33-45-50(55-51(52-45)36-17-5-2-6-18-36)44-31-26-35-16-7-8-21-41(35)49(44)48/h1-33H. The molecular formula is C51H33N3S. The lowest BCUT2D eigenvalue weighted by Crippen LogP contribution is -2.11. The number of benzene rings is 9. The molecule has 0 N–H and O–H groups in total. The van der Waals surface area contributed by atoms with E-state index in [0.717, 1.165) is 38.8 Å². The monoisotopic (exact) mass is 719 g/mol. The minimum Gasteiger partial charge on any atom is -0.310 e. The Kier molecular flexibility index (Phi) is 7.35. The molecule has 11 rings (SSSR count). The number of para-hydroxylation sites is 2. The van der Waals surface area contributed by atoms with Crippen LogP contribution in [0.1, 0.15) is 0 Å². The summed E-state index contributed by atoms with van der Waals surface area (Å²) < 4.78 is 3.58. The molecule has 9 aromatic carbocycles. The molecule has 4 heteroatoms. The fourth-order valence-electron chi connectivity index (χ4n) is 8.28. The number of fused-ring (bicyclic) bond motifs is 8. The van der Waals surface area contributed by atoms with Gasteiger partial charge in [-0.2, -0.15) is 0 Å². The maximum Gasteiger partial charge on any atom is 0.124 e. The molecule has 258 valence electrons. The lowest BCUT2D eigenvalue weighted by atomic mass is 9.98. The maximum absolute atomic E-state index is 5.30. The molecule has 0 saturated heterocycles. The molecule has 0 bridgehead atoms. The van der Waals surface area contributed by atoms with Crippen molar-refractivity contribution in [2.75, 3.05) is 4.90 Å². The number of aromatic nitrogens is 2. The molecule has 0 saturated carbocycles. The van der Waals surface area contributed by atoms with Crippen molar-refractivity contribution in [1.82, 2.24) is 9.55 Å². The zero-order chi connectivity index (χ0) is 36.3. The molecule has 2 heterocycles. The highest BCUT2D eigenvalue weighted by Gasteiger charge is 2.22.